The van der Waals surface area contributed by atoms with Crippen molar-refractivity contribution in [2.24, 2.45) is 0 Å². The number of halogens is 2. The number of alkyl halides is 2. The molecule has 2 N–H and O–H groups in total. The molecule has 1 amide bonds. The molecule has 1 saturated heterocycles. The SMILES string of the molecule is CC1(OC(F)F)C=C(NC2CCN(c3ccc(-c4n[nH]c(=O)c5ccccc45)cc3)C2=O)C=CC1. The lowest BCUT2D eigenvalue weighted by Crippen LogP contribution is -2.39. The van der Waals surface area contributed by atoms with Gasteiger partial charge in [-0.25, -0.2) is 5.10 Å². The van der Waals surface area contributed by atoms with Gasteiger partial charge in [0.05, 0.1) is 16.7 Å². The van der Waals surface area contributed by atoms with E-state index in [0.29, 0.717) is 36.2 Å². The number of rotatable bonds is 6. The van der Waals surface area contributed by atoms with Crippen LogP contribution in [-0.4, -0.2) is 40.9 Å². The predicted octanol–water partition coefficient (Wildman–Crippen LogP) is 4.13. The third-order valence-electron chi connectivity index (χ3n) is 6.33. The number of anilines is 1. The maximum Gasteiger partial charge on any atom is 0.346 e. The van der Waals surface area contributed by atoms with E-state index in [-0.39, 0.29) is 11.5 Å². The second kappa shape index (κ2) is 9.07. The van der Waals surface area contributed by atoms with E-state index in [0.717, 1.165) is 16.6 Å². The summed E-state index contributed by atoms with van der Waals surface area (Å²) < 4.78 is 30.3. The molecule has 0 bridgehead atoms. The number of carbonyl (C=O) groups excluding carboxylic acids is 1. The summed E-state index contributed by atoms with van der Waals surface area (Å²) in [5.74, 6) is -0.0956. The van der Waals surface area contributed by atoms with Gasteiger partial charge >= 0.3 is 6.61 Å². The number of hydrogen-bond donors (Lipinski definition) is 2. The third kappa shape index (κ3) is 4.59. The Morgan fingerprint density at radius 3 is 2.63 bits per heavy atom. The standard InChI is InChI=1S/C26H24F2N4O3/c1-26(35-25(27)28)13-4-5-17(15-26)29-21-12-14-32(24(21)34)18-10-8-16(9-11-18)22-19-6-2-3-7-20(19)23(33)31-30-22/h2-11,15,21,25,29H,12-14H2,1H3,(H,31,33). The third-order valence-corrected chi connectivity index (χ3v) is 6.33. The fraction of sp³-hybridized carbons (Fsp3) is 0.269. The molecule has 0 spiro atoms. The zero-order valence-corrected chi connectivity index (χ0v) is 19.0. The monoisotopic (exact) mass is 478 g/mol. The van der Waals surface area contributed by atoms with E-state index in [1.54, 1.807) is 42.2 Å². The van der Waals surface area contributed by atoms with Crippen molar-refractivity contribution in [2.45, 2.75) is 38.0 Å². The summed E-state index contributed by atoms with van der Waals surface area (Å²) in [5.41, 5.74) is 1.44. The van der Waals surface area contributed by atoms with Crippen LogP contribution in [0.25, 0.3) is 22.0 Å². The summed E-state index contributed by atoms with van der Waals surface area (Å²) in [6, 6.07) is 14.2. The van der Waals surface area contributed by atoms with Crippen LogP contribution in [0.15, 0.2) is 77.3 Å². The highest BCUT2D eigenvalue weighted by Gasteiger charge is 2.34. The Balaban J connectivity index is 1.32. The number of aromatic amines is 1. The first-order valence-corrected chi connectivity index (χ1v) is 11.3. The molecule has 1 aliphatic carbocycles. The zero-order chi connectivity index (χ0) is 24.6. The van der Waals surface area contributed by atoms with Crippen LogP contribution in [0.5, 0.6) is 0 Å². The van der Waals surface area contributed by atoms with Crippen LogP contribution in [0, 0.1) is 0 Å². The lowest BCUT2D eigenvalue weighted by molar-refractivity contribution is -0.185. The first-order chi connectivity index (χ1) is 16.8. The molecule has 1 fully saturated rings. The fourth-order valence-electron chi connectivity index (χ4n) is 4.64. The van der Waals surface area contributed by atoms with Gasteiger partial charge in [-0.05, 0) is 50.1 Å². The second-order valence-electron chi connectivity index (χ2n) is 8.87. The molecular weight excluding hydrogens is 454 g/mol. The molecule has 1 aliphatic heterocycles. The van der Waals surface area contributed by atoms with E-state index in [1.807, 2.05) is 36.4 Å². The smallest absolute Gasteiger partial charge is 0.346 e. The Kier molecular flexibility index (Phi) is 5.94. The molecule has 2 atom stereocenters. The molecule has 1 aromatic heterocycles. The lowest BCUT2D eigenvalue weighted by Gasteiger charge is -2.29. The fourth-order valence-corrected chi connectivity index (χ4v) is 4.64. The molecule has 2 aliphatic rings. The van der Waals surface area contributed by atoms with Gasteiger partial charge in [0.1, 0.15) is 6.04 Å². The van der Waals surface area contributed by atoms with E-state index in [1.165, 1.54) is 0 Å². The van der Waals surface area contributed by atoms with Crippen LogP contribution in [0.2, 0.25) is 0 Å². The number of ether oxygens (including phenoxy) is 1. The van der Waals surface area contributed by atoms with Crippen LogP contribution in [0.1, 0.15) is 19.8 Å². The van der Waals surface area contributed by atoms with E-state index in [4.69, 9.17) is 4.74 Å². The van der Waals surface area contributed by atoms with Crippen molar-refractivity contribution >= 4 is 22.4 Å². The van der Waals surface area contributed by atoms with E-state index < -0.39 is 18.3 Å². The minimum absolute atomic E-state index is 0.0956. The molecule has 2 aromatic carbocycles. The Bertz CT molecular complexity index is 1380. The normalized spacial score (nSPS) is 22.2. The number of benzene rings is 2. The first kappa shape index (κ1) is 22.9. The van der Waals surface area contributed by atoms with Gasteiger partial charge in [0.15, 0.2) is 0 Å². The molecule has 0 radical (unpaired) electrons. The summed E-state index contributed by atoms with van der Waals surface area (Å²) in [5, 5.41) is 11.3. The van der Waals surface area contributed by atoms with Crippen LogP contribution in [0.3, 0.4) is 0 Å². The maximum atomic E-state index is 13.1. The number of nitrogens with zero attached hydrogens (tertiary/aromatic N) is 2. The molecule has 180 valence electrons. The number of H-pyrrole nitrogens is 1. The van der Waals surface area contributed by atoms with Crippen molar-refractivity contribution < 1.29 is 18.3 Å². The lowest BCUT2D eigenvalue weighted by atomic mass is 9.95. The van der Waals surface area contributed by atoms with Crippen molar-refractivity contribution in [2.75, 3.05) is 11.4 Å². The number of allylic oxidation sites excluding steroid dienone is 1. The summed E-state index contributed by atoms with van der Waals surface area (Å²) in [4.78, 5) is 26.9. The summed E-state index contributed by atoms with van der Waals surface area (Å²) in [7, 11) is 0. The van der Waals surface area contributed by atoms with E-state index in [9.17, 15) is 18.4 Å². The number of aromatic nitrogens is 2. The molecule has 35 heavy (non-hydrogen) atoms. The van der Waals surface area contributed by atoms with Gasteiger partial charge in [0, 0.05) is 28.9 Å². The van der Waals surface area contributed by atoms with Crippen molar-refractivity contribution in [3.63, 3.8) is 0 Å². The molecule has 7 nitrogen and oxygen atoms in total. The average molecular weight is 478 g/mol. The molecule has 2 heterocycles. The molecule has 2 unspecified atom stereocenters. The van der Waals surface area contributed by atoms with Gasteiger partial charge in [0.2, 0.25) is 5.91 Å². The molecule has 9 heteroatoms. The summed E-state index contributed by atoms with van der Waals surface area (Å²) in [6.45, 7) is -0.757. The summed E-state index contributed by atoms with van der Waals surface area (Å²) >= 11 is 0. The van der Waals surface area contributed by atoms with Crippen LogP contribution < -0.4 is 15.8 Å². The highest BCUT2D eigenvalue weighted by Crippen LogP contribution is 2.30. The van der Waals surface area contributed by atoms with E-state index in [2.05, 4.69) is 15.5 Å². The van der Waals surface area contributed by atoms with Crippen molar-refractivity contribution in [3.05, 3.63) is 82.8 Å². The molecule has 3 aromatic rings. The molecule has 5 rings (SSSR count). The topological polar surface area (TPSA) is 87.3 Å². The Morgan fingerprint density at radius 2 is 1.89 bits per heavy atom. The Hall–Kier alpha value is -3.85. The van der Waals surface area contributed by atoms with E-state index >= 15 is 0 Å². The van der Waals surface area contributed by atoms with Crippen LogP contribution in [-0.2, 0) is 9.53 Å². The molecule has 0 saturated carbocycles. The highest BCUT2D eigenvalue weighted by molar-refractivity contribution is 6.00. The van der Waals surface area contributed by atoms with Crippen molar-refractivity contribution in [1.82, 2.24) is 15.5 Å². The Labute approximate surface area is 200 Å². The number of fused-ring (bicyclic) bond motifs is 1. The van der Waals surface area contributed by atoms with Gasteiger partial charge in [-0.15, -0.1) is 0 Å². The van der Waals surface area contributed by atoms with Gasteiger partial charge < -0.3 is 15.0 Å². The van der Waals surface area contributed by atoms with Crippen LogP contribution >= 0.6 is 0 Å². The number of hydrogen-bond acceptors (Lipinski definition) is 5. The second-order valence-corrected chi connectivity index (χ2v) is 8.87. The van der Waals surface area contributed by atoms with Gasteiger partial charge in [0.25, 0.3) is 5.56 Å². The number of nitrogens with one attached hydrogen (secondary N) is 2. The summed E-state index contributed by atoms with van der Waals surface area (Å²) in [6.07, 6.45) is 6.05. The predicted molar refractivity (Wildman–Crippen MR) is 129 cm³/mol. The minimum Gasteiger partial charge on any atom is -0.374 e. The van der Waals surface area contributed by atoms with Crippen molar-refractivity contribution in [3.8, 4) is 11.3 Å². The Morgan fingerprint density at radius 1 is 1.14 bits per heavy atom. The number of carbonyl (C=O) groups is 1. The van der Waals surface area contributed by atoms with Gasteiger partial charge in [-0.3, -0.25) is 9.59 Å². The average Bonchev–Trinajstić information content (AvgIpc) is 3.19. The van der Waals surface area contributed by atoms with Crippen LogP contribution in [0.4, 0.5) is 14.5 Å². The maximum absolute atomic E-state index is 13.1. The molecular formula is C26H24F2N4O3. The number of amides is 1. The minimum atomic E-state index is -2.88. The quantitative estimate of drug-likeness (QED) is 0.557. The van der Waals surface area contributed by atoms with Gasteiger partial charge in [-0.1, -0.05) is 36.4 Å². The first-order valence-electron chi connectivity index (χ1n) is 11.3. The van der Waals surface area contributed by atoms with Crippen molar-refractivity contribution in [1.29, 1.82) is 0 Å². The largest absolute Gasteiger partial charge is 0.374 e. The highest BCUT2D eigenvalue weighted by atomic mass is 19.3. The zero-order valence-electron chi connectivity index (χ0n) is 19.0. The van der Waals surface area contributed by atoms with Gasteiger partial charge in [-0.2, -0.15) is 13.9 Å².